The normalized spacial score (nSPS) is 15.1. The van der Waals surface area contributed by atoms with Gasteiger partial charge in [0.15, 0.2) is 0 Å². The molecule has 0 fully saturated rings. The number of hydrogen-bond donors (Lipinski definition) is 1. The largest absolute Gasteiger partial charge is 0.379 e. The fourth-order valence-corrected chi connectivity index (χ4v) is 1.59. The summed E-state index contributed by atoms with van der Waals surface area (Å²) in [4.78, 5) is 0. The molecule has 0 aromatic heterocycles. The lowest BCUT2D eigenvalue weighted by molar-refractivity contribution is 0.0772. The van der Waals surface area contributed by atoms with E-state index in [1.807, 2.05) is 24.3 Å². The molecule has 0 heterocycles. The van der Waals surface area contributed by atoms with Crippen molar-refractivity contribution < 1.29 is 4.74 Å². The van der Waals surface area contributed by atoms with Crippen LogP contribution in [0.2, 0.25) is 5.02 Å². The van der Waals surface area contributed by atoms with Crippen molar-refractivity contribution in [3.05, 3.63) is 34.9 Å². The number of rotatable bonds is 4. The zero-order valence-corrected chi connectivity index (χ0v) is 9.29. The van der Waals surface area contributed by atoms with Crippen LogP contribution in [0.15, 0.2) is 24.3 Å². The fraction of sp³-hybridized carbons (Fsp3) is 0.455. The molecular formula is C11H16ClNO. The van der Waals surface area contributed by atoms with Crippen molar-refractivity contribution in [1.29, 1.82) is 0 Å². The van der Waals surface area contributed by atoms with Crippen LogP contribution in [0.1, 0.15) is 24.9 Å². The lowest BCUT2D eigenvalue weighted by Crippen LogP contribution is -2.27. The molecule has 0 aliphatic rings. The molecule has 14 heavy (non-hydrogen) atoms. The molecule has 0 saturated carbocycles. The number of nitrogens with two attached hydrogens (primary N) is 1. The Morgan fingerprint density at radius 2 is 1.93 bits per heavy atom. The first-order valence-corrected chi connectivity index (χ1v) is 5.10. The zero-order valence-electron chi connectivity index (χ0n) is 8.53. The highest BCUT2D eigenvalue weighted by Gasteiger charge is 2.16. The molecule has 1 rings (SSSR count). The molecular weight excluding hydrogens is 198 g/mol. The van der Waals surface area contributed by atoms with E-state index in [1.165, 1.54) is 0 Å². The van der Waals surface area contributed by atoms with Crippen LogP contribution in [0.25, 0.3) is 0 Å². The molecule has 2 atom stereocenters. The highest BCUT2D eigenvalue weighted by molar-refractivity contribution is 6.30. The molecule has 2 N–H and O–H groups in total. The predicted molar refractivity (Wildman–Crippen MR) is 59.5 cm³/mol. The van der Waals surface area contributed by atoms with Gasteiger partial charge in [-0.2, -0.15) is 0 Å². The highest BCUT2D eigenvalue weighted by Crippen LogP contribution is 2.20. The second-order valence-electron chi connectivity index (χ2n) is 3.26. The smallest absolute Gasteiger partial charge is 0.0761 e. The monoisotopic (exact) mass is 213 g/mol. The summed E-state index contributed by atoms with van der Waals surface area (Å²) in [6.45, 7) is 2.06. The predicted octanol–water partition coefficient (Wildman–Crippen LogP) is 2.76. The van der Waals surface area contributed by atoms with Gasteiger partial charge < -0.3 is 10.5 Å². The molecule has 78 valence electrons. The Hall–Kier alpha value is -0.570. The first-order valence-electron chi connectivity index (χ1n) is 4.72. The third-order valence-corrected chi connectivity index (χ3v) is 2.61. The maximum absolute atomic E-state index is 6.04. The molecule has 0 amide bonds. The molecule has 2 unspecified atom stereocenters. The van der Waals surface area contributed by atoms with Crippen molar-refractivity contribution >= 4 is 11.6 Å². The van der Waals surface area contributed by atoms with Crippen LogP contribution in [0.4, 0.5) is 0 Å². The Morgan fingerprint density at radius 1 is 1.36 bits per heavy atom. The van der Waals surface area contributed by atoms with E-state index in [1.54, 1.807) is 7.11 Å². The van der Waals surface area contributed by atoms with Gasteiger partial charge in [0, 0.05) is 12.1 Å². The first-order chi connectivity index (χ1) is 6.69. The molecule has 3 heteroatoms. The minimum absolute atomic E-state index is 0.0659. The van der Waals surface area contributed by atoms with Gasteiger partial charge >= 0.3 is 0 Å². The summed E-state index contributed by atoms with van der Waals surface area (Å²) < 4.78 is 5.29. The standard InChI is InChI=1S/C11H16ClNO/c1-3-10(14-2)11(13)8-4-6-9(12)7-5-8/h4-7,10-11H,3,13H2,1-2H3. The Morgan fingerprint density at radius 3 is 2.36 bits per heavy atom. The van der Waals surface area contributed by atoms with Gasteiger partial charge in [-0.05, 0) is 24.1 Å². The summed E-state index contributed by atoms with van der Waals surface area (Å²) in [5, 5.41) is 0.728. The summed E-state index contributed by atoms with van der Waals surface area (Å²) in [7, 11) is 1.68. The van der Waals surface area contributed by atoms with Crippen LogP contribution in [0.5, 0.6) is 0 Å². The lowest BCUT2D eigenvalue weighted by Gasteiger charge is -2.21. The van der Waals surface area contributed by atoms with Gasteiger partial charge in [-0.3, -0.25) is 0 Å². The molecule has 0 radical (unpaired) electrons. The lowest BCUT2D eigenvalue weighted by atomic mass is 10.0. The maximum Gasteiger partial charge on any atom is 0.0761 e. The van der Waals surface area contributed by atoms with Gasteiger partial charge in [0.05, 0.1) is 12.1 Å². The van der Waals surface area contributed by atoms with E-state index in [9.17, 15) is 0 Å². The summed E-state index contributed by atoms with van der Waals surface area (Å²) in [5.41, 5.74) is 7.10. The molecule has 2 nitrogen and oxygen atoms in total. The van der Waals surface area contributed by atoms with Gasteiger partial charge in [0.1, 0.15) is 0 Å². The Balaban J connectivity index is 2.77. The third kappa shape index (κ3) is 2.71. The third-order valence-electron chi connectivity index (χ3n) is 2.36. The molecule has 0 saturated heterocycles. The van der Waals surface area contributed by atoms with Crippen molar-refractivity contribution in [1.82, 2.24) is 0 Å². The summed E-state index contributed by atoms with van der Waals surface area (Å²) in [6.07, 6.45) is 0.969. The maximum atomic E-state index is 6.04. The minimum atomic E-state index is -0.0812. The van der Waals surface area contributed by atoms with E-state index in [-0.39, 0.29) is 12.1 Å². The van der Waals surface area contributed by atoms with E-state index < -0.39 is 0 Å². The van der Waals surface area contributed by atoms with Crippen LogP contribution in [-0.2, 0) is 4.74 Å². The van der Waals surface area contributed by atoms with Crippen LogP contribution < -0.4 is 5.73 Å². The minimum Gasteiger partial charge on any atom is -0.379 e. The van der Waals surface area contributed by atoms with Crippen molar-refractivity contribution in [3.63, 3.8) is 0 Å². The number of benzene rings is 1. The number of hydrogen-bond acceptors (Lipinski definition) is 2. The van der Waals surface area contributed by atoms with Gasteiger partial charge in [0.2, 0.25) is 0 Å². The van der Waals surface area contributed by atoms with Crippen LogP contribution in [-0.4, -0.2) is 13.2 Å². The second kappa shape index (κ2) is 5.35. The van der Waals surface area contributed by atoms with Gasteiger partial charge in [0.25, 0.3) is 0 Å². The van der Waals surface area contributed by atoms with E-state index in [0.717, 1.165) is 17.0 Å². The summed E-state index contributed by atoms with van der Waals surface area (Å²) in [6, 6.07) is 7.49. The van der Waals surface area contributed by atoms with Crippen molar-refractivity contribution in [3.8, 4) is 0 Å². The summed E-state index contributed by atoms with van der Waals surface area (Å²) in [5.74, 6) is 0. The second-order valence-corrected chi connectivity index (χ2v) is 3.70. The number of ether oxygens (including phenoxy) is 1. The van der Waals surface area contributed by atoms with Crippen molar-refractivity contribution in [2.24, 2.45) is 5.73 Å². The van der Waals surface area contributed by atoms with Gasteiger partial charge in [-0.15, -0.1) is 0 Å². The van der Waals surface area contributed by atoms with Gasteiger partial charge in [-0.1, -0.05) is 30.7 Å². The quantitative estimate of drug-likeness (QED) is 0.835. The average Bonchev–Trinajstić information content (AvgIpc) is 2.20. The van der Waals surface area contributed by atoms with Crippen LogP contribution >= 0.6 is 11.6 Å². The highest BCUT2D eigenvalue weighted by atomic mass is 35.5. The first kappa shape index (κ1) is 11.5. The van der Waals surface area contributed by atoms with E-state index in [2.05, 4.69) is 6.92 Å². The van der Waals surface area contributed by atoms with E-state index >= 15 is 0 Å². The van der Waals surface area contributed by atoms with E-state index in [0.29, 0.717) is 0 Å². The topological polar surface area (TPSA) is 35.2 Å². The zero-order chi connectivity index (χ0) is 10.6. The van der Waals surface area contributed by atoms with Crippen LogP contribution in [0, 0.1) is 0 Å². The number of methoxy groups -OCH3 is 1. The number of halogens is 1. The molecule has 0 spiro atoms. The Labute approximate surface area is 90.0 Å². The Bertz CT molecular complexity index is 269. The molecule has 0 aliphatic carbocycles. The van der Waals surface area contributed by atoms with Crippen LogP contribution in [0.3, 0.4) is 0 Å². The van der Waals surface area contributed by atoms with Gasteiger partial charge in [-0.25, -0.2) is 0 Å². The molecule has 0 bridgehead atoms. The molecule has 1 aromatic carbocycles. The molecule has 0 aliphatic heterocycles. The van der Waals surface area contributed by atoms with E-state index in [4.69, 9.17) is 22.1 Å². The Kier molecular flexibility index (Phi) is 4.39. The average molecular weight is 214 g/mol. The summed E-state index contributed by atoms with van der Waals surface area (Å²) >= 11 is 5.79. The van der Waals surface area contributed by atoms with Crippen molar-refractivity contribution in [2.45, 2.75) is 25.5 Å². The van der Waals surface area contributed by atoms with Crippen molar-refractivity contribution in [2.75, 3.05) is 7.11 Å². The molecule has 1 aromatic rings. The fourth-order valence-electron chi connectivity index (χ4n) is 1.47. The SMILES string of the molecule is CCC(OC)C(N)c1ccc(Cl)cc1.